The van der Waals surface area contributed by atoms with Crippen LogP contribution in [0, 0.1) is 10.1 Å². The van der Waals surface area contributed by atoms with Gasteiger partial charge in [0.25, 0.3) is 11.6 Å². The molecule has 1 aromatic carbocycles. The first-order chi connectivity index (χ1) is 12.0. The van der Waals surface area contributed by atoms with Gasteiger partial charge in [-0.25, -0.2) is 0 Å². The second-order valence-electron chi connectivity index (χ2n) is 6.20. The average Bonchev–Trinajstić information content (AvgIpc) is 3.13. The Kier molecular flexibility index (Phi) is 7.15. The molecule has 0 radical (unpaired) electrons. The third kappa shape index (κ3) is 5.40. The fourth-order valence-corrected chi connectivity index (χ4v) is 2.87. The van der Waals surface area contributed by atoms with E-state index in [4.69, 9.17) is 4.74 Å². The Morgan fingerprint density at radius 2 is 2.08 bits per heavy atom. The topological polar surface area (TPSA) is 87.9 Å². The maximum absolute atomic E-state index is 12.6. The van der Waals surface area contributed by atoms with E-state index in [9.17, 15) is 14.9 Å². The van der Waals surface area contributed by atoms with Crippen LogP contribution in [0.2, 0.25) is 0 Å². The Morgan fingerprint density at radius 1 is 1.36 bits per heavy atom. The number of carbonyl (C=O) groups excluding carboxylic acids is 1. The van der Waals surface area contributed by atoms with Crippen molar-refractivity contribution in [3.05, 3.63) is 33.9 Å². The standard InChI is InChI=1S/C17H26N4O4/c1-19(11-12-25-2)10-7-18-17(22)15-13-14(21(23)24)5-6-16(15)20-8-3-4-9-20/h5-6,13H,3-4,7-12H2,1-2H3,(H,18,22). The van der Waals surface area contributed by atoms with Crippen LogP contribution in [0.25, 0.3) is 0 Å². The molecule has 1 N–H and O–H groups in total. The van der Waals surface area contributed by atoms with Crippen molar-refractivity contribution in [2.24, 2.45) is 0 Å². The van der Waals surface area contributed by atoms with E-state index in [0.29, 0.717) is 25.3 Å². The second kappa shape index (κ2) is 9.33. The second-order valence-corrected chi connectivity index (χ2v) is 6.20. The highest BCUT2D eigenvalue weighted by atomic mass is 16.6. The number of nitrogens with one attached hydrogen (secondary N) is 1. The Bertz CT molecular complexity index is 602. The number of amides is 1. The summed E-state index contributed by atoms with van der Waals surface area (Å²) in [7, 11) is 3.60. The lowest BCUT2D eigenvalue weighted by Gasteiger charge is -2.21. The van der Waals surface area contributed by atoms with E-state index in [1.54, 1.807) is 13.2 Å². The highest BCUT2D eigenvalue weighted by Crippen LogP contribution is 2.28. The van der Waals surface area contributed by atoms with E-state index in [1.165, 1.54) is 12.1 Å². The van der Waals surface area contributed by atoms with Crippen molar-refractivity contribution in [1.82, 2.24) is 10.2 Å². The van der Waals surface area contributed by atoms with Crippen LogP contribution in [-0.4, -0.2) is 69.2 Å². The molecule has 0 spiro atoms. The summed E-state index contributed by atoms with van der Waals surface area (Å²) in [5.74, 6) is -0.272. The van der Waals surface area contributed by atoms with Gasteiger partial charge >= 0.3 is 0 Å². The van der Waals surface area contributed by atoms with E-state index >= 15 is 0 Å². The van der Waals surface area contributed by atoms with Crippen molar-refractivity contribution in [3.63, 3.8) is 0 Å². The van der Waals surface area contributed by atoms with Crippen LogP contribution in [0.4, 0.5) is 11.4 Å². The number of nitrogens with zero attached hydrogens (tertiary/aromatic N) is 3. The van der Waals surface area contributed by atoms with Crippen molar-refractivity contribution < 1.29 is 14.5 Å². The molecule has 1 aliphatic rings. The van der Waals surface area contributed by atoms with Gasteiger partial charge in [-0.1, -0.05) is 0 Å². The fraction of sp³-hybridized carbons (Fsp3) is 0.588. The first kappa shape index (κ1) is 19.1. The first-order valence-electron chi connectivity index (χ1n) is 8.52. The van der Waals surface area contributed by atoms with E-state index in [-0.39, 0.29) is 11.6 Å². The molecule has 0 unspecified atom stereocenters. The number of anilines is 1. The fourth-order valence-electron chi connectivity index (χ4n) is 2.87. The summed E-state index contributed by atoms with van der Waals surface area (Å²) in [6, 6.07) is 4.52. The van der Waals surface area contributed by atoms with Crippen LogP contribution in [0.5, 0.6) is 0 Å². The minimum atomic E-state index is -0.469. The van der Waals surface area contributed by atoms with Crippen molar-refractivity contribution in [3.8, 4) is 0 Å². The summed E-state index contributed by atoms with van der Waals surface area (Å²) in [5.41, 5.74) is 1.08. The van der Waals surface area contributed by atoms with E-state index in [2.05, 4.69) is 15.1 Å². The molecule has 1 amide bonds. The summed E-state index contributed by atoms with van der Waals surface area (Å²) >= 11 is 0. The van der Waals surface area contributed by atoms with E-state index < -0.39 is 4.92 Å². The van der Waals surface area contributed by atoms with Crippen molar-refractivity contribution in [2.45, 2.75) is 12.8 Å². The molecule has 8 heteroatoms. The van der Waals surface area contributed by atoms with Crippen molar-refractivity contribution in [1.29, 1.82) is 0 Å². The number of non-ortho nitro benzene ring substituents is 1. The van der Waals surface area contributed by atoms with Gasteiger partial charge in [-0.2, -0.15) is 0 Å². The summed E-state index contributed by atoms with van der Waals surface area (Å²) in [4.78, 5) is 27.3. The third-order valence-electron chi connectivity index (χ3n) is 4.34. The van der Waals surface area contributed by atoms with Gasteiger partial charge in [0.15, 0.2) is 0 Å². The maximum atomic E-state index is 12.6. The molecule has 0 atom stereocenters. The quantitative estimate of drug-likeness (QED) is 0.536. The molecule has 0 saturated carbocycles. The maximum Gasteiger partial charge on any atom is 0.270 e. The minimum absolute atomic E-state index is 0.0645. The monoisotopic (exact) mass is 350 g/mol. The zero-order chi connectivity index (χ0) is 18.2. The SMILES string of the molecule is COCCN(C)CCNC(=O)c1cc([N+](=O)[O-])ccc1N1CCCC1. The Labute approximate surface area is 147 Å². The van der Waals surface area contributed by atoms with Gasteiger partial charge in [0.05, 0.1) is 22.8 Å². The predicted octanol–water partition coefficient (Wildman–Crippen LogP) is 1.50. The van der Waals surface area contributed by atoms with Crippen molar-refractivity contribution in [2.75, 3.05) is 58.4 Å². The number of carbonyl (C=O) groups is 1. The van der Waals surface area contributed by atoms with Crippen molar-refractivity contribution >= 4 is 17.3 Å². The van der Waals surface area contributed by atoms with Crippen LogP contribution in [0.1, 0.15) is 23.2 Å². The van der Waals surface area contributed by atoms with Gasteiger partial charge in [-0.3, -0.25) is 14.9 Å². The highest BCUT2D eigenvalue weighted by Gasteiger charge is 2.22. The molecule has 0 aromatic heterocycles. The Hall–Kier alpha value is -2.19. The molecule has 1 fully saturated rings. The summed E-state index contributed by atoms with van der Waals surface area (Å²) in [5, 5.41) is 13.9. The molecular formula is C17H26N4O4. The molecule has 138 valence electrons. The molecular weight excluding hydrogens is 324 g/mol. The van der Waals surface area contributed by atoms with Gasteiger partial charge in [0.1, 0.15) is 0 Å². The Balaban J connectivity index is 2.05. The molecule has 0 aliphatic carbocycles. The predicted molar refractivity (Wildman–Crippen MR) is 96.2 cm³/mol. The van der Waals surface area contributed by atoms with Crippen LogP contribution in [-0.2, 0) is 4.74 Å². The summed E-state index contributed by atoms with van der Waals surface area (Å²) in [6.45, 7) is 4.32. The van der Waals surface area contributed by atoms with Gasteiger partial charge < -0.3 is 19.9 Å². The van der Waals surface area contributed by atoms with Gasteiger partial charge in [-0.05, 0) is 26.0 Å². The van der Waals surface area contributed by atoms with Gasteiger partial charge in [0.2, 0.25) is 0 Å². The largest absolute Gasteiger partial charge is 0.383 e. The lowest BCUT2D eigenvalue weighted by atomic mass is 10.1. The van der Waals surface area contributed by atoms with Gasteiger partial charge in [-0.15, -0.1) is 0 Å². The van der Waals surface area contributed by atoms with E-state index in [0.717, 1.165) is 38.2 Å². The zero-order valence-electron chi connectivity index (χ0n) is 14.9. The lowest BCUT2D eigenvalue weighted by molar-refractivity contribution is -0.384. The van der Waals surface area contributed by atoms with Gasteiger partial charge in [0, 0.05) is 52.0 Å². The highest BCUT2D eigenvalue weighted by molar-refractivity contribution is 6.00. The van der Waals surface area contributed by atoms with Crippen LogP contribution < -0.4 is 10.2 Å². The number of hydrogen-bond acceptors (Lipinski definition) is 6. The van der Waals surface area contributed by atoms with Crippen LogP contribution >= 0.6 is 0 Å². The summed E-state index contributed by atoms with van der Waals surface area (Å²) < 4.78 is 5.02. The summed E-state index contributed by atoms with van der Waals surface area (Å²) in [6.07, 6.45) is 2.14. The molecule has 1 aromatic rings. The minimum Gasteiger partial charge on any atom is -0.383 e. The number of likely N-dealkylation sites (N-methyl/N-ethyl adjacent to an activating group) is 1. The molecule has 1 saturated heterocycles. The van der Waals surface area contributed by atoms with E-state index in [1.807, 2.05) is 7.05 Å². The smallest absolute Gasteiger partial charge is 0.270 e. The molecule has 8 nitrogen and oxygen atoms in total. The Morgan fingerprint density at radius 3 is 2.72 bits per heavy atom. The average molecular weight is 350 g/mol. The number of methoxy groups -OCH3 is 1. The number of ether oxygens (including phenoxy) is 1. The number of rotatable bonds is 9. The van der Waals surface area contributed by atoms with Crippen LogP contribution in [0.3, 0.4) is 0 Å². The van der Waals surface area contributed by atoms with Crippen LogP contribution in [0.15, 0.2) is 18.2 Å². The molecule has 25 heavy (non-hydrogen) atoms. The zero-order valence-corrected chi connectivity index (χ0v) is 14.9. The molecule has 2 rings (SSSR count). The number of hydrogen-bond donors (Lipinski definition) is 1. The molecule has 1 heterocycles. The number of nitro benzene ring substituents is 1. The number of benzene rings is 1. The number of nitro groups is 1. The lowest BCUT2D eigenvalue weighted by Crippen LogP contribution is -2.35. The molecule has 1 aliphatic heterocycles. The first-order valence-corrected chi connectivity index (χ1v) is 8.52. The molecule has 0 bridgehead atoms. The normalized spacial score (nSPS) is 14.1. The third-order valence-corrected chi connectivity index (χ3v) is 4.34.